The number of benzene rings is 2. The van der Waals surface area contributed by atoms with Gasteiger partial charge in [0.25, 0.3) is 5.91 Å². The van der Waals surface area contributed by atoms with Crippen molar-refractivity contribution in [2.45, 2.75) is 39.0 Å². The minimum atomic E-state index is -0.131. The molecule has 1 saturated heterocycles. The van der Waals surface area contributed by atoms with Crippen molar-refractivity contribution in [3.63, 3.8) is 0 Å². The third kappa shape index (κ3) is 5.34. The lowest BCUT2D eigenvalue weighted by Crippen LogP contribution is -2.39. The molecule has 2 aromatic carbocycles. The largest absolute Gasteiger partial charge is 0.508 e. The first-order valence-electron chi connectivity index (χ1n) is 11.3. The van der Waals surface area contributed by atoms with Crippen molar-refractivity contribution in [1.82, 2.24) is 10.4 Å². The molecule has 3 N–H and O–H groups in total. The molecule has 1 fully saturated rings. The van der Waals surface area contributed by atoms with Crippen LogP contribution in [0.15, 0.2) is 30.3 Å². The number of amides is 1. The highest BCUT2D eigenvalue weighted by atomic mass is 16.7. The van der Waals surface area contributed by atoms with Crippen LogP contribution in [-0.2, 0) is 9.63 Å². The van der Waals surface area contributed by atoms with Gasteiger partial charge in [0.1, 0.15) is 11.5 Å². The summed E-state index contributed by atoms with van der Waals surface area (Å²) in [6, 6.07) is 8.52. The summed E-state index contributed by atoms with van der Waals surface area (Å²) >= 11 is 0. The van der Waals surface area contributed by atoms with E-state index in [0.29, 0.717) is 28.3 Å². The minimum absolute atomic E-state index is 0.0230. The molecule has 0 atom stereocenters. The summed E-state index contributed by atoms with van der Waals surface area (Å²) in [5, 5.41) is 20.8. The van der Waals surface area contributed by atoms with Gasteiger partial charge in [-0.3, -0.25) is 15.1 Å². The lowest BCUT2D eigenvalue weighted by Gasteiger charge is -2.26. The zero-order valence-electron chi connectivity index (χ0n) is 19.0. The number of carbonyl (C=O) groups is 1. The van der Waals surface area contributed by atoms with E-state index < -0.39 is 0 Å². The van der Waals surface area contributed by atoms with Crippen molar-refractivity contribution in [2.24, 2.45) is 0 Å². The summed E-state index contributed by atoms with van der Waals surface area (Å²) in [4.78, 5) is 19.9. The molecule has 4 rings (SSSR count). The predicted octanol–water partition coefficient (Wildman–Crippen LogP) is 3.98. The van der Waals surface area contributed by atoms with Crippen molar-refractivity contribution in [1.29, 1.82) is 0 Å². The smallest absolute Gasteiger partial charge is 0.251 e. The van der Waals surface area contributed by atoms with Gasteiger partial charge in [0.15, 0.2) is 18.1 Å². The Labute approximate surface area is 193 Å². The molecule has 0 aliphatic carbocycles. The highest BCUT2D eigenvalue weighted by Gasteiger charge is 2.19. The molecule has 2 aliphatic rings. The lowest BCUT2D eigenvalue weighted by molar-refractivity contribution is -0.138. The van der Waals surface area contributed by atoms with E-state index >= 15 is 0 Å². The van der Waals surface area contributed by atoms with Crippen molar-refractivity contribution in [3.05, 3.63) is 47.0 Å². The molecule has 0 aromatic heterocycles. The van der Waals surface area contributed by atoms with Crippen LogP contribution in [-0.4, -0.2) is 47.5 Å². The molecule has 2 aromatic rings. The fourth-order valence-electron chi connectivity index (χ4n) is 4.01. The summed E-state index contributed by atoms with van der Waals surface area (Å²) in [5.74, 6) is 1.17. The zero-order valence-corrected chi connectivity index (χ0v) is 19.0. The monoisotopic (exact) mass is 454 g/mol. The number of likely N-dealkylation sites (tertiary alicyclic amines) is 1. The summed E-state index contributed by atoms with van der Waals surface area (Å²) in [6.07, 6.45) is 4.94. The van der Waals surface area contributed by atoms with E-state index in [1.807, 2.05) is 32.0 Å². The van der Waals surface area contributed by atoms with E-state index in [1.165, 1.54) is 6.07 Å². The second kappa shape index (κ2) is 10.0. The fourth-order valence-corrected chi connectivity index (χ4v) is 4.01. The fraction of sp³-hybridized carbons (Fsp3) is 0.400. The number of phenolic OH excluding ortho intramolecular Hbond substituents is 2. The molecule has 1 amide bonds. The SMILES string of the molecule is CC(C)c1cc(/C(=C\c2ccc3c(c2)OCO3)NOCC(=O)N2CCCCC2)c(O)cc1O. The Bertz CT molecular complexity index is 1040. The molecule has 2 heterocycles. The number of phenols is 2. The van der Waals surface area contributed by atoms with Crippen LogP contribution >= 0.6 is 0 Å². The Hall–Kier alpha value is -3.39. The number of hydrogen-bond acceptors (Lipinski definition) is 7. The molecular formula is C25H30N2O6. The van der Waals surface area contributed by atoms with Gasteiger partial charge in [0, 0.05) is 24.7 Å². The Morgan fingerprint density at radius 2 is 1.85 bits per heavy atom. The average molecular weight is 455 g/mol. The molecule has 0 spiro atoms. The zero-order chi connectivity index (χ0) is 23.4. The number of nitrogens with zero attached hydrogens (tertiary/aromatic N) is 1. The lowest BCUT2D eigenvalue weighted by atomic mass is 9.97. The van der Waals surface area contributed by atoms with Gasteiger partial charge in [-0.05, 0) is 60.6 Å². The number of fused-ring (bicyclic) bond motifs is 1. The van der Waals surface area contributed by atoms with Gasteiger partial charge in [-0.1, -0.05) is 19.9 Å². The Kier molecular flexibility index (Phi) is 6.93. The van der Waals surface area contributed by atoms with Crippen LogP contribution in [0.3, 0.4) is 0 Å². The number of hydroxylamine groups is 1. The van der Waals surface area contributed by atoms with Gasteiger partial charge in [0.05, 0.1) is 5.70 Å². The van der Waals surface area contributed by atoms with Crippen LogP contribution in [0, 0.1) is 0 Å². The van der Waals surface area contributed by atoms with Gasteiger partial charge in [0.2, 0.25) is 6.79 Å². The molecule has 0 unspecified atom stereocenters. The first-order valence-corrected chi connectivity index (χ1v) is 11.3. The summed E-state index contributed by atoms with van der Waals surface area (Å²) in [5.41, 5.74) is 5.21. The van der Waals surface area contributed by atoms with Gasteiger partial charge in [-0.25, -0.2) is 0 Å². The Morgan fingerprint density at radius 3 is 2.61 bits per heavy atom. The summed E-state index contributed by atoms with van der Waals surface area (Å²) < 4.78 is 10.8. The van der Waals surface area contributed by atoms with Crippen molar-refractivity contribution in [2.75, 3.05) is 26.5 Å². The molecule has 2 aliphatic heterocycles. The third-order valence-electron chi connectivity index (χ3n) is 5.85. The van der Waals surface area contributed by atoms with E-state index in [4.69, 9.17) is 14.3 Å². The van der Waals surface area contributed by atoms with Crippen LogP contribution in [0.2, 0.25) is 0 Å². The van der Waals surface area contributed by atoms with Crippen molar-refractivity contribution < 1.29 is 29.3 Å². The maximum absolute atomic E-state index is 12.5. The van der Waals surface area contributed by atoms with Gasteiger partial charge >= 0.3 is 0 Å². The minimum Gasteiger partial charge on any atom is -0.508 e. The molecule has 33 heavy (non-hydrogen) atoms. The molecule has 0 radical (unpaired) electrons. The molecular weight excluding hydrogens is 424 g/mol. The quantitative estimate of drug-likeness (QED) is 0.430. The number of nitrogens with one attached hydrogen (secondary N) is 1. The number of ether oxygens (including phenoxy) is 2. The second-order valence-electron chi connectivity index (χ2n) is 8.59. The molecule has 0 bridgehead atoms. The van der Waals surface area contributed by atoms with Gasteiger partial charge < -0.3 is 24.6 Å². The van der Waals surface area contributed by atoms with Crippen LogP contribution in [0.1, 0.15) is 55.7 Å². The molecule has 0 saturated carbocycles. The van der Waals surface area contributed by atoms with E-state index in [9.17, 15) is 15.0 Å². The van der Waals surface area contributed by atoms with Crippen LogP contribution in [0.4, 0.5) is 0 Å². The number of hydrogen-bond donors (Lipinski definition) is 3. The van der Waals surface area contributed by atoms with E-state index in [0.717, 1.165) is 37.9 Å². The van der Waals surface area contributed by atoms with Gasteiger partial charge in [-0.15, -0.1) is 0 Å². The Balaban J connectivity index is 1.60. The summed E-state index contributed by atoms with van der Waals surface area (Å²) in [6.45, 7) is 5.45. The highest BCUT2D eigenvalue weighted by molar-refractivity contribution is 5.84. The van der Waals surface area contributed by atoms with Crippen LogP contribution < -0.4 is 15.0 Å². The van der Waals surface area contributed by atoms with Crippen LogP contribution in [0.5, 0.6) is 23.0 Å². The number of aromatic hydroxyl groups is 2. The maximum Gasteiger partial charge on any atom is 0.251 e. The first kappa shape index (κ1) is 22.8. The molecule has 8 heteroatoms. The number of piperidine rings is 1. The van der Waals surface area contributed by atoms with Crippen molar-refractivity contribution >= 4 is 17.7 Å². The van der Waals surface area contributed by atoms with E-state index in [1.54, 1.807) is 17.0 Å². The standard InChI is InChI=1S/C25H30N2O6/c1-16(2)18-12-19(22(29)13-21(18)28)20(10-17-6-7-23-24(11-17)32-15-31-23)26-33-14-25(30)27-8-4-3-5-9-27/h6-7,10-13,16,26,28-29H,3-5,8-9,14-15H2,1-2H3/b20-10+. The second-order valence-corrected chi connectivity index (χ2v) is 8.59. The normalized spacial score (nSPS) is 15.7. The highest BCUT2D eigenvalue weighted by Crippen LogP contribution is 2.37. The molecule has 8 nitrogen and oxygen atoms in total. The van der Waals surface area contributed by atoms with E-state index in [2.05, 4.69) is 5.48 Å². The molecule has 176 valence electrons. The van der Waals surface area contributed by atoms with Gasteiger partial charge in [-0.2, -0.15) is 0 Å². The number of carbonyl (C=O) groups excluding carboxylic acids is 1. The van der Waals surface area contributed by atoms with Crippen LogP contribution in [0.25, 0.3) is 11.8 Å². The van der Waals surface area contributed by atoms with Crippen molar-refractivity contribution in [3.8, 4) is 23.0 Å². The topological polar surface area (TPSA) is 100 Å². The first-order chi connectivity index (χ1) is 15.9. The van der Waals surface area contributed by atoms with E-state index in [-0.39, 0.29) is 36.7 Å². The average Bonchev–Trinajstić information content (AvgIpc) is 3.27. The number of rotatable bonds is 7. The summed E-state index contributed by atoms with van der Waals surface area (Å²) in [7, 11) is 0. The Morgan fingerprint density at radius 1 is 1.09 bits per heavy atom. The predicted molar refractivity (Wildman–Crippen MR) is 124 cm³/mol. The third-order valence-corrected chi connectivity index (χ3v) is 5.85. The maximum atomic E-state index is 12.5.